The number of amides is 2. The van der Waals surface area contributed by atoms with Crippen LogP contribution in [0.2, 0.25) is 0 Å². The number of thioether (sulfide) groups is 1. The highest BCUT2D eigenvalue weighted by atomic mass is 127. The molecule has 1 fully saturated rings. The topological polar surface area (TPSA) is 94.2 Å². The van der Waals surface area contributed by atoms with Crippen molar-refractivity contribution in [2.45, 2.75) is 13.3 Å². The van der Waals surface area contributed by atoms with E-state index in [-0.39, 0.29) is 12.5 Å². The number of nitrogens with zero attached hydrogens (tertiary/aromatic N) is 2. The average molecular weight is 628 g/mol. The van der Waals surface area contributed by atoms with Gasteiger partial charge in [-0.15, -0.1) is 0 Å². The van der Waals surface area contributed by atoms with Crippen molar-refractivity contribution in [1.82, 2.24) is 4.90 Å². The SMILES string of the molecule is CCOc1cc(/C=C2/SC(=Nc3ccccc3)N(CCc3ccccc3)C2=O)cc(I)c1OCC(N)=O. The van der Waals surface area contributed by atoms with Crippen LogP contribution in [0.5, 0.6) is 11.5 Å². The summed E-state index contributed by atoms with van der Waals surface area (Å²) in [5, 5.41) is 0.638. The van der Waals surface area contributed by atoms with Crippen molar-refractivity contribution < 1.29 is 19.1 Å². The largest absolute Gasteiger partial charge is 0.490 e. The Morgan fingerprint density at radius 2 is 1.78 bits per heavy atom. The number of hydrogen-bond donors (Lipinski definition) is 1. The number of hydrogen-bond acceptors (Lipinski definition) is 6. The molecule has 37 heavy (non-hydrogen) atoms. The Morgan fingerprint density at radius 3 is 2.46 bits per heavy atom. The quantitative estimate of drug-likeness (QED) is 0.240. The van der Waals surface area contributed by atoms with E-state index < -0.39 is 5.91 Å². The van der Waals surface area contributed by atoms with E-state index in [1.54, 1.807) is 11.0 Å². The van der Waals surface area contributed by atoms with Gasteiger partial charge < -0.3 is 15.2 Å². The zero-order chi connectivity index (χ0) is 26.2. The Bertz CT molecular complexity index is 1330. The third-order valence-corrected chi connectivity index (χ3v) is 7.13. The molecule has 7 nitrogen and oxygen atoms in total. The van der Waals surface area contributed by atoms with Crippen LogP contribution in [0.4, 0.5) is 5.69 Å². The smallest absolute Gasteiger partial charge is 0.266 e. The molecule has 4 rings (SSSR count). The van der Waals surface area contributed by atoms with Crippen molar-refractivity contribution in [3.63, 3.8) is 0 Å². The van der Waals surface area contributed by atoms with Crippen LogP contribution in [0.3, 0.4) is 0 Å². The Balaban J connectivity index is 1.65. The van der Waals surface area contributed by atoms with Crippen LogP contribution >= 0.6 is 34.4 Å². The molecule has 1 heterocycles. The first-order valence-electron chi connectivity index (χ1n) is 11.7. The molecule has 0 aliphatic carbocycles. The van der Waals surface area contributed by atoms with Crippen molar-refractivity contribution in [2.24, 2.45) is 10.7 Å². The molecule has 0 spiro atoms. The van der Waals surface area contributed by atoms with Crippen LogP contribution < -0.4 is 15.2 Å². The monoisotopic (exact) mass is 627 g/mol. The third-order valence-electron chi connectivity index (χ3n) is 5.32. The molecule has 0 unspecified atom stereocenters. The second-order valence-corrected chi connectivity index (χ2v) is 10.2. The first-order chi connectivity index (χ1) is 17.9. The van der Waals surface area contributed by atoms with Gasteiger partial charge in [0.1, 0.15) is 0 Å². The molecule has 1 aliphatic rings. The first kappa shape index (κ1) is 26.7. The summed E-state index contributed by atoms with van der Waals surface area (Å²) in [6.45, 7) is 2.54. The minimum Gasteiger partial charge on any atom is -0.490 e. The molecule has 0 radical (unpaired) electrons. The number of carbonyl (C=O) groups is 2. The van der Waals surface area contributed by atoms with E-state index in [1.807, 2.05) is 67.6 Å². The highest BCUT2D eigenvalue weighted by molar-refractivity contribution is 14.1. The van der Waals surface area contributed by atoms with Gasteiger partial charge in [-0.3, -0.25) is 14.5 Å². The van der Waals surface area contributed by atoms with Gasteiger partial charge in [-0.1, -0.05) is 48.5 Å². The van der Waals surface area contributed by atoms with Crippen LogP contribution in [0.25, 0.3) is 6.08 Å². The maximum atomic E-state index is 13.5. The predicted octanol–water partition coefficient (Wildman–Crippen LogP) is 5.40. The predicted molar refractivity (Wildman–Crippen MR) is 156 cm³/mol. The second-order valence-electron chi connectivity index (χ2n) is 8.05. The lowest BCUT2D eigenvalue weighted by atomic mass is 10.1. The number of carbonyl (C=O) groups excluding carboxylic acids is 2. The summed E-state index contributed by atoms with van der Waals surface area (Å²) >= 11 is 3.47. The fourth-order valence-electron chi connectivity index (χ4n) is 3.66. The molecule has 2 amide bonds. The van der Waals surface area contributed by atoms with E-state index in [0.717, 1.165) is 20.4 Å². The van der Waals surface area contributed by atoms with Crippen LogP contribution in [0.1, 0.15) is 18.1 Å². The normalized spacial score (nSPS) is 15.4. The summed E-state index contributed by atoms with van der Waals surface area (Å²) < 4.78 is 12.1. The van der Waals surface area contributed by atoms with Crippen molar-refractivity contribution in [2.75, 3.05) is 19.8 Å². The number of rotatable bonds is 10. The lowest BCUT2D eigenvalue weighted by Gasteiger charge is -2.15. The standard InChI is InChI=1S/C28H26IN3O4S/c1-2-35-23-16-20(15-22(29)26(23)36-18-25(30)33)17-24-27(34)32(14-13-19-9-5-3-6-10-19)28(37-24)31-21-11-7-4-8-12-21/h3-12,15-17H,2,13-14,18H2,1H3,(H2,30,33)/b24-17+,31-28?. The van der Waals surface area contributed by atoms with Gasteiger partial charge in [0.05, 0.1) is 20.8 Å². The fraction of sp³-hybridized carbons (Fsp3) is 0.179. The zero-order valence-electron chi connectivity index (χ0n) is 20.2. The number of aliphatic imine (C=N–C) groups is 1. The van der Waals surface area contributed by atoms with E-state index >= 15 is 0 Å². The van der Waals surface area contributed by atoms with Crippen LogP contribution in [-0.4, -0.2) is 41.6 Å². The summed E-state index contributed by atoms with van der Waals surface area (Å²) in [6.07, 6.45) is 2.55. The average Bonchev–Trinajstić information content (AvgIpc) is 3.17. The van der Waals surface area contributed by atoms with Gasteiger partial charge in [-0.05, 0) is 89.2 Å². The van der Waals surface area contributed by atoms with E-state index in [9.17, 15) is 9.59 Å². The maximum absolute atomic E-state index is 13.5. The number of para-hydroxylation sites is 1. The van der Waals surface area contributed by atoms with Gasteiger partial charge in [0.2, 0.25) is 0 Å². The molecule has 3 aromatic carbocycles. The molecule has 0 bridgehead atoms. The lowest BCUT2D eigenvalue weighted by Crippen LogP contribution is -2.31. The van der Waals surface area contributed by atoms with Gasteiger partial charge in [0.15, 0.2) is 23.3 Å². The van der Waals surface area contributed by atoms with Gasteiger partial charge in [-0.25, -0.2) is 4.99 Å². The summed E-state index contributed by atoms with van der Waals surface area (Å²) in [4.78, 5) is 31.8. The molecule has 2 N–H and O–H groups in total. The lowest BCUT2D eigenvalue weighted by molar-refractivity contribution is -0.122. The van der Waals surface area contributed by atoms with E-state index in [4.69, 9.17) is 20.2 Å². The number of primary amides is 1. The summed E-state index contributed by atoms with van der Waals surface area (Å²) in [5.41, 5.74) is 7.95. The highest BCUT2D eigenvalue weighted by Crippen LogP contribution is 2.38. The Kier molecular flexibility index (Phi) is 9.24. The molecule has 1 aliphatic heterocycles. The van der Waals surface area contributed by atoms with Gasteiger partial charge in [0.25, 0.3) is 11.8 Å². The summed E-state index contributed by atoms with van der Waals surface area (Å²) in [7, 11) is 0. The van der Waals surface area contributed by atoms with E-state index in [1.165, 1.54) is 11.8 Å². The highest BCUT2D eigenvalue weighted by Gasteiger charge is 2.33. The molecular formula is C28H26IN3O4S. The number of ether oxygens (including phenoxy) is 2. The maximum Gasteiger partial charge on any atom is 0.266 e. The number of benzene rings is 3. The number of nitrogens with two attached hydrogens (primary N) is 1. The molecule has 0 aromatic heterocycles. The van der Waals surface area contributed by atoms with Gasteiger partial charge >= 0.3 is 0 Å². The van der Waals surface area contributed by atoms with Gasteiger partial charge in [0, 0.05) is 6.54 Å². The molecular weight excluding hydrogens is 601 g/mol. The minimum absolute atomic E-state index is 0.0994. The molecule has 0 atom stereocenters. The van der Waals surface area contributed by atoms with Crippen LogP contribution in [0, 0.1) is 3.57 Å². The van der Waals surface area contributed by atoms with E-state index in [2.05, 4.69) is 34.7 Å². The van der Waals surface area contributed by atoms with Crippen LogP contribution in [-0.2, 0) is 16.0 Å². The van der Waals surface area contributed by atoms with Gasteiger partial charge in [-0.2, -0.15) is 0 Å². The van der Waals surface area contributed by atoms with Crippen molar-refractivity contribution in [3.05, 3.63) is 92.4 Å². The molecule has 9 heteroatoms. The molecule has 0 saturated carbocycles. The van der Waals surface area contributed by atoms with Crippen molar-refractivity contribution in [1.29, 1.82) is 0 Å². The number of amidine groups is 1. The number of halogens is 1. The Morgan fingerprint density at radius 1 is 1.08 bits per heavy atom. The molecule has 3 aromatic rings. The van der Waals surface area contributed by atoms with E-state index in [0.29, 0.717) is 41.1 Å². The molecule has 1 saturated heterocycles. The second kappa shape index (κ2) is 12.8. The Labute approximate surface area is 233 Å². The first-order valence-corrected chi connectivity index (χ1v) is 13.6. The Hall–Kier alpha value is -3.31. The third kappa shape index (κ3) is 7.14. The zero-order valence-corrected chi connectivity index (χ0v) is 23.2. The fourth-order valence-corrected chi connectivity index (χ4v) is 5.46. The summed E-state index contributed by atoms with van der Waals surface area (Å²) in [5.74, 6) is 0.262. The minimum atomic E-state index is -0.571. The molecule has 190 valence electrons. The summed E-state index contributed by atoms with van der Waals surface area (Å²) in [6, 6.07) is 23.3. The van der Waals surface area contributed by atoms with Crippen molar-refractivity contribution >= 4 is 63.1 Å². The van der Waals surface area contributed by atoms with Crippen LogP contribution in [0.15, 0.2) is 82.7 Å². The van der Waals surface area contributed by atoms with Crippen molar-refractivity contribution in [3.8, 4) is 11.5 Å².